The van der Waals surface area contributed by atoms with Gasteiger partial charge in [-0.25, -0.2) is 0 Å². The van der Waals surface area contributed by atoms with E-state index in [1.54, 1.807) is 0 Å². The summed E-state index contributed by atoms with van der Waals surface area (Å²) in [7, 11) is 0. The molecule has 0 bridgehead atoms. The van der Waals surface area contributed by atoms with Crippen molar-refractivity contribution in [3.63, 3.8) is 0 Å². The van der Waals surface area contributed by atoms with Crippen molar-refractivity contribution in [2.45, 2.75) is 58.0 Å². The standard InChI is InChI=1S/C16H24N2O/c1-2-3-4-8-16(19)18(15-9-10-15)12-13-6-5-7-14(17)11-13/h5-7,11,15H,2-4,8-10,12,17H2,1H3. The van der Waals surface area contributed by atoms with E-state index in [9.17, 15) is 4.79 Å². The normalized spacial score (nSPS) is 14.4. The summed E-state index contributed by atoms with van der Waals surface area (Å²) in [4.78, 5) is 14.3. The first-order valence-electron chi connectivity index (χ1n) is 7.34. The van der Waals surface area contributed by atoms with Crippen molar-refractivity contribution >= 4 is 11.6 Å². The van der Waals surface area contributed by atoms with Crippen LogP contribution < -0.4 is 5.73 Å². The van der Waals surface area contributed by atoms with Gasteiger partial charge in [0.15, 0.2) is 0 Å². The van der Waals surface area contributed by atoms with Gasteiger partial charge in [-0.1, -0.05) is 31.9 Å². The fourth-order valence-corrected chi connectivity index (χ4v) is 2.37. The van der Waals surface area contributed by atoms with Gasteiger partial charge in [-0.15, -0.1) is 0 Å². The molecule has 0 aliphatic heterocycles. The second-order valence-corrected chi connectivity index (χ2v) is 5.45. The first kappa shape index (κ1) is 13.9. The molecule has 0 heterocycles. The first-order valence-corrected chi connectivity index (χ1v) is 7.34. The maximum atomic E-state index is 12.3. The van der Waals surface area contributed by atoms with Crippen molar-refractivity contribution in [3.8, 4) is 0 Å². The summed E-state index contributed by atoms with van der Waals surface area (Å²) in [6, 6.07) is 8.32. The number of nitrogens with zero attached hydrogens (tertiary/aromatic N) is 1. The highest BCUT2D eigenvalue weighted by atomic mass is 16.2. The van der Waals surface area contributed by atoms with Gasteiger partial charge in [0.25, 0.3) is 0 Å². The lowest BCUT2D eigenvalue weighted by molar-refractivity contribution is -0.132. The van der Waals surface area contributed by atoms with Crippen molar-refractivity contribution in [1.29, 1.82) is 0 Å². The summed E-state index contributed by atoms with van der Waals surface area (Å²) >= 11 is 0. The van der Waals surface area contributed by atoms with Gasteiger partial charge in [-0.2, -0.15) is 0 Å². The lowest BCUT2D eigenvalue weighted by Gasteiger charge is -2.23. The highest BCUT2D eigenvalue weighted by Gasteiger charge is 2.31. The Bertz CT molecular complexity index is 427. The molecule has 2 N–H and O–H groups in total. The molecule has 19 heavy (non-hydrogen) atoms. The average Bonchev–Trinajstić information content (AvgIpc) is 3.20. The predicted octanol–water partition coefficient (Wildman–Crippen LogP) is 3.34. The number of benzene rings is 1. The smallest absolute Gasteiger partial charge is 0.223 e. The van der Waals surface area contributed by atoms with E-state index in [1.165, 1.54) is 0 Å². The molecule has 1 aliphatic rings. The molecule has 3 nitrogen and oxygen atoms in total. The van der Waals surface area contributed by atoms with Gasteiger partial charge in [0.05, 0.1) is 0 Å². The number of unbranched alkanes of at least 4 members (excludes halogenated alkanes) is 2. The zero-order chi connectivity index (χ0) is 13.7. The lowest BCUT2D eigenvalue weighted by atomic mass is 10.1. The van der Waals surface area contributed by atoms with E-state index < -0.39 is 0 Å². The maximum absolute atomic E-state index is 12.3. The maximum Gasteiger partial charge on any atom is 0.223 e. The Hall–Kier alpha value is -1.51. The summed E-state index contributed by atoms with van der Waals surface area (Å²) in [6.07, 6.45) is 6.31. The van der Waals surface area contributed by atoms with Crippen LogP contribution >= 0.6 is 0 Å². The van der Waals surface area contributed by atoms with Crippen LogP contribution in [-0.2, 0) is 11.3 Å². The Kier molecular flexibility index (Phi) is 4.83. The zero-order valence-corrected chi connectivity index (χ0v) is 11.8. The summed E-state index contributed by atoms with van der Waals surface area (Å²) in [5.41, 5.74) is 7.70. The molecular weight excluding hydrogens is 236 g/mol. The van der Waals surface area contributed by atoms with E-state index >= 15 is 0 Å². The Balaban J connectivity index is 1.94. The molecule has 0 saturated heterocycles. The van der Waals surface area contributed by atoms with Crippen LogP contribution in [0.15, 0.2) is 24.3 Å². The van der Waals surface area contributed by atoms with Crippen LogP contribution in [0.5, 0.6) is 0 Å². The summed E-state index contributed by atoms with van der Waals surface area (Å²) in [6.45, 7) is 2.87. The number of nitrogen functional groups attached to an aromatic ring is 1. The molecule has 3 heteroatoms. The molecule has 1 aliphatic carbocycles. The van der Waals surface area contributed by atoms with Gasteiger partial charge in [0.1, 0.15) is 0 Å². The molecule has 2 rings (SSSR count). The third-order valence-corrected chi connectivity index (χ3v) is 3.61. The summed E-state index contributed by atoms with van der Waals surface area (Å²) < 4.78 is 0. The van der Waals surface area contributed by atoms with Crippen LogP contribution in [0.4, 0.5) is 5.69 Å². The molecule has 104 valence electrons. The van der Waals surface area contributed by atoms with Crippen LogP contribution in [0, 0.1) is 0 Å². The molecule has 0 radical (unpaired) electrons. The SMILES string of the molecule is CCCCCC(=O)N(Cc1cccc(N)c1)C1CC1. The first-order chi connectivity index (χ1) is 9.20. The molecule has 1 aromatic carbocycles. The number of anilines is 1. The van der Waals surface area contributed by atoms with E-state index in [2.05, 4.69) is 6.92 Å². The molecule has 0 atom stereocenters. The largest absolute Gasteiger partial charge is 0.399 e. The topological polar surface area (TPSA) is 46.3 Å². The van der Waals surface area contributed by atoms with Crippen molar-refractivity contribution < 1.29 is 4.79 Å². The second kappa shape index (κ2) is 6.60. The van der Waals surface area contributed by atoms with Crippen molar-refractivity contribution in [1.82, 2.24) is 4.90 Å². The van der Waals surface area contributed by atoms with Crippen molar-refractivity contribution in [3.05, 3.63) is 29.8 Å². The average molecular weight is 260 g/mol. The quantitative estimate of drug-likeness (QED) is 0.603. The van der Waals surface area contributed by atoms with E-state index in [0.717, 1.165) is 43.4 Å². The van der Waals surface area contributed by atoms with Gasteiger partial charge >= 0.3 is 0 Å². The van der Waals surface area contributed by atoms with Gasteiger partial charge in [0.2, 0.25) is 5.91 Å². The van der Waals surface area contributed by atoms with Crippen molar-refractivity contribution in [2.24, 2.45) is 0 Å². The number of carbonyl (C=O) groups is 1. The fourth-order valence-electron chi connectivity index (χ4n) is 2.37. The van der Waals surface area contributed by atoms with Gasteiger partial charge in [0, 0.05) is 24.7 Å². The van der Waals surface area contributed by atoms with Crippen LogP contribution in [-0.4, -0.2) is 16.8 Å². The fraction of sp³-hybridized carbons (Fsp3) is 0.562. The van der Waals surface area contributed by atoms with Crippen molar-refractivity contribution in [2.75, 3.05) is 5.73 Å². The Morgan fingerprint density at radius 2 is 2.16 bits per heavy atom. The molecule has 0 spiro atoms. The van der Waals surface area contributed by atoms with Crippen LogP contribution in [0.3, 0.4) is 0 Å². The van der Waals surface area contributed by atoms with Gasteiger partial charge in [-0.05, 0) is 37.0 Å². The van der Waals surface area contributed by atoms with Crippen LogP contribution in [0.25, 0.3) is 0 Å². The Labute approximate surface area is 115 Å². The van der Waals surface area contributed by atoms with Crippen LogP contribution in [0.1, 0.15) is 51.0 Å². The minimum Gasteiger partial charge on any atom is -0.399 e. The number of amides is 1. The van der Waals surface area contributed by atoms with Gasteiger partial charge < -0.3 is 10.6 Å². The van der Waals surface area contributed by atoms with Crippen LogP contribution in [0.2, 0.25) is 0 Å². The van der Waals surface area contributed by atoms with E-state index in [-0.39, 0.29) is 0 Å². The Morgan fingerprint density at radius 1 is 1.37 bits per heavy atom. The number of nitrogens with two attached hydrogens (primary N) is 1. The zero-order valence-electron chi connectivity index (χ0n) is 11.8. The number of hydrogen-bond acceptors (Lipinski definition) is 2. The molecule has 1 amide bonds. The summed E-state index contributed by atoms with van der Waals surface area (Å²) in [5.74, 6) is 0.304. The summed E-state index contributed by atoms with van der Waals surface area (Å²) in [5, 5.41) is 0. The van der Waals surface area contributed by atoms with E-state index in [1.807, 2.05) is 29.2 Å². The van der Waals surface area contributed by atoms with E-state index in [4.69, 9.17) is 5.73 Å². The highest BCUT2D eigenvalue weighted by molar-refractivity contribution is 5.76. The molecule has 0 unspecified atom stereocenters. The van der Waals surface area contributed by atoms with E-state index in [0.29, 0.717) is 24.9 Å². The predicted molar refractivity (Wildman–Crippen MR) is 78.6 cm³/mol. The number of carbonyl (C=O) groups excluding carboxylic acids is 1. The third-order valence-electron chi connectivity index (χ3n) is 3.61. The molecule has 1 saturated carbocycles. The molecule has 1 fully saturated rings. The minimum absolute atomic E-state index is 0.304. The molecule has 1 aromatic rings. The molecule has 0 aromatic heterocycles. The van der Waals surface area contributed by atoms with Gasteiger partial charge in [-0.3, -0.25) is 4.79 Å². The second-order valence-electron chi connectivity index (χ2n) is 5.45. The highest BCUT2D eigenvalue weighted by Crippen LogP contribution is 2.29. The Morgan fingerprint density at radius 3 is 2.79 bits per heavy atom. The third kappa shape index (κ3) is 4.27. The lowest BCUT2D eigenvalue weighted by Crippen LogP contribution is -2.32. The number of rotatable bonds is 7. The molecular formula is C16H24N2O. The minimum atomic E-state index is 0.304. The monoisotopic (exact) mass is 260 g/mol. The number of hydrogen-bond donors (Lipinski definition) is 1.